The zero-order valence-corrected chi connectivity index (χ0v) is 14.6. The molecule has 1 atom stereocenters. The second-order valence-electron chi connectivity index (χ2n) is 7.10. The smallest absolute Gasteiger partial charge is 0.213 e. The molecule has 0 bridgehead atoms. The Morgan fingerprint density at radius 2 is 2.04 bits per heavy atom. The topological polar surface area (TPSA) is 68.7 Å². The monoisotopic (exact) mass is 352 g/mol. The highest BCUT2D eigenvalue weighted by molar-refractivity contribution is 7.93. The SMILES string of the molecule is O=S1(=O)CC[C@H](COc2ccccn2)C12CN(C1CCOCC1)C2. The Kier molecular flexibility index (Phi) is 4.26. The van der Waals surface area contributed by atoms with Crippen LogP contribution in [0.5, 0.6) is 5.88 Å². The van der Waals surface area contributed by atoms with Gasteiger partial charge in [0.25, 0.3) is 0 Å². The quantitative estimate of drug-likeness (QED) is 0.809. The van der Waals surface area contributed by atoms with Gasteiger partial charge in [0, 0.05) is 50.5 Å². The van der Waals surface area contributed by atoms with Crippen molar-refractivity contribution in [3.8, 4) is 5.88 Å². The first kappa shape index (κ1) is 16.3. The first-order chi connectivity index (χ1) is 11.6. The third kappa shape index (κ3) is 2.72. The fourth-order valence-corrected chi connectivity index (χ4v) is 6.70. The number of aromatic nitrogens is 1. The van der Waals surface area contributed by atoms with E-state index in [2.05, 4.69) is 9.88 Å². The Morgan fingerprint density at radius 1 is 1.25 bits per heavy atom. The highest BCUT2D eigenvalue weighted by atomic mass is 32.2. The zero-order valence-electron chi connectivity index (χ0n) is 13.8. The molecule has 0 N–H and O–H groups in total. The molecule has 3 aliphatic rings. The van der Waals surface area contributed by atoms with Crippen LogP contribution in [0, 0.1) is 5.92 Å². The van der Waals surface area contributed by atoms with Gasteiger partial charge in [-0.25, -0.2) is 13.4 Å². The van der Waals surface area contributed by atoms with Crippen LogP contribution in [-0.2, 0) is 14.6 Å². The van der Waals surface area contributed by atoms with Gasteiger partial charge in [-0.2, -0.15) is 0 Å². The van der Waals surface area contributed by atoms with E-state index in [9.17, 15) is 8.42 Å². The van der Waals surface area contributed by atoms with Gasteiger partial charge in [0.05, 0.1) is 12.4 Å². The highest BCUT2D eigenvalue weighted by Gasteiger charge is 2.62. The Balaban J connectivity index is 1.43. The van der Waals surface area contributed by atoms with Crippen LogP contribution >= 0.6 is 0 Å². The standard InChI is InChI=1S/C17H24N2O4S/c20-24(21)10-6-14(11-23-16-3-1-2-7-18-16)17(24)12-19(13-17)15-4-8-22-9-5-15/h1-3,7,14-15H,4-6,8-13H2/t14-/m1/s1. The number of likely N-dealkylation sites (tertiary alicyclic amines) is 1. The van der Waals surface area contributed by atoms with Crippen molar-refractivity contribution in [1.82, 2.24) is 9.88 Å². The van der Waals surface area contributed by atoms with E-state index in [1.165, 1.54) is 0 Å². The lowest BCUT2D eigenvalue weighted by molar-refractivity contribution is -0.0225. The molecule has 1 spiro atoms. The van der Waals surface area contributed by atoms with Crippen LogP contribution in [0.2, 0.25) is 0 Å². The van der Waals surface area contributed by atoms with E-state index in [1.54, 1.807) is 6.20 Å². The van der Waals surface area contributed by atoms with Crippen LogP contribution in [0.1, 0.15) is 19.3 Å². The summed E-state index contributed by atoms with van der Waals surface area (Å²) in [5, 5.41) is 0. The molecule has 0 aliphatic carbocycles. The molecule has 3 fully saturated rings. The maximum absolute atomic E-state index is 12.7. The largest absolute Gasteiger partial charge is 0.477 e. The van der Waals surface area contributed by atoms with Crippen molar-refractivity contribution in [1.29, 1.82) is 0 Å². The van der Waals surface area contributed by atoms with Gasteiger partial charge in [-0.05, 0) is 25.3 Å². The molecule has 132 valence electrons. The van der Waals surface area contributed by atoms with Crippen molar-refractivity contribution < 1.29 is 17.9 Å². The van der Waals surface area contributed by atoms with Gasteiger partial charge < -0.3 is 9.47 Å². The Bertz CT molecular complexity index is 667. The summed E-state index contributed by atoms with van der Waals surface area (Å²) < 4.78 is 36.0. The van der Waals surface area contributed by atoms with E-state index in [-0.39, 0.29) is 11.7 Å². The lowest BCUT2D eigenvalue weighted by atomic mass is 9.82. The maximum atomic E-state index is 12.7. The summed E-state index contributed by atoms with van der Waals surface area (Å²) >= 11 is 0. The molecule has 0 aromatic carbocycles. The summed E-state index contributed by atoms with van der Waals surface area (Å²) in [6.45, 7) is 3.30. The molecule has 3 aliphatic heterocycles. The first-order valence-electron chi connectivity index (χ1n) is 8.69. The summed E-state index contributed by atoms with van der Waals surface area (Å²) in [5.41, 5.74) is 0. The molecular formula is C17H24N2O4S. The predicted octanol–water partition coefficient (Wildman–Crippen LogP) is 1.13. The van der Waals surface area contributed by atoms with Crippen LogP contribution in [-0.4, -0.2) is 67.8 Å². The molecule has 1 aromatic heterocycles. The van der Waals surface area contributed by atoms with Gasteiger partial charge in [-0.1, -0.05) is 6.07 Å². The summed E-state index contributed by atoms with van der Waals surface area (Å²) in [6.07, 6.45) is 4.39. The predicted molar refractivity (Wildman–Crippen MR) is 89.8 cm³/mol. The third-order valence-corrected chi connectivity index (χ3v) is 8.42. The van der Waals surface area contributed by atoms with E-state index in [4.69, 9.17) is 9.47 Å². The summed E-state index contributed by atoms with van der Waals surface area (Å²) in [5.74, 6) is 0.906. The number of hydrogen-bond donors (Lipinski definition) is 0. The molecular weight excluding hydrogens is 328 g/mol. The molecule has 0 saturated carbocycles. The fourth-order valence-electron chi connectivity index (χ4n) is 4.28. The van der Waals surface area contributed by atoms with E-state index in [0.29, 0.717) is 38.0 Å². The first-order valence-corrected chi connectivity index (χ1v) is 10.3. The van der Waals surface area contributed by atoms with Gasteiger partial charge in [0.2, 0.25) is 5.88 Å². The van der Waals surface area contributed by atoms with Crippen molar-refractivity contribution in [2.75, 3.05) is 38.7 Å². The number of ether oxygens (including phenoxy) is 2. The normalized spacial score (nSPS) is 29.4. The average Bonchev–Trinajstić information content (AvgIpc) is 2.84. The Hall–Kier alpha value is -1.18. The van der Waals surface area contributed by atoms with Crippen LogP contribution < -0.4 is 4.74 Å². The third-order valence-electron chi connectivity index (χ3n) is 5.82. The second kappa shape index (κ2) is 6.28. The molecule has 6 nitrogen and oxygen atoms in total. The van der Waals surface area contributed by atoms with Crippen molar-refractivity contribution in [2.24, 2.45) is 5.92 Å². The Labute approximate surface area is 143 Å². The average molecular weight is 352 g/mol. The summed E-state index contributed by atoms with van der Waals surface area (Å²) in [7, 11) is -3.05. The van der Waals surface area contributed by atoms with E-state index in [1.807, 2.05) is 18.2 Å². The number of sulfone groups is 1. The number of rotatable bonds is 4. The molecule has 4 rings (SSSR count). The lowest BCUT2D eigenvalue weighted by Gasteiger charge is -2.53. The zero-order chi connectivity index (χ0) is 16.6. The van der Waals surface area contributed by atoms with E-state index in [0.717, 1.165) is 26.1 Å². The minimum absolute atomic E-state index is 0.0561. The van der Waals surface area contributed by atoms with Crippen LogP contribution in [0.25, 0.3) is 0 Å². The number of nitrogens with zero attached hydrogens (tertiary/aromatic N) is 2. The molecule has 4 heterocycles. The minimum Gasteiger partial charge on any atom is -0.477 e. The van der Waals surface area contributed by atoms with Crippen molar-refractivity contribution in [2.45, 2.75) is 30.1 Å². The van der Waals surface area contributed by atoms with Crippen molar-refractivity contribution in [3.63, 3.8) is 0 Å². The highest BCUT2D eigenvalue weighted by Crippen LogP contribution is 2.46. The van der Waals surface area contributed by atoms with Crippen LogP contribution in [0.3, 0.4) is 0 Å². The number of hydrogen-bond acceptors (Lipinski definition) is 6. The van der Waals surface area contributed by atoms with Gasteiger partial charge in [0.1, 0.15) is 4.75 Å². The van der Waals surface area contributed by atoms with Gasteiger partial charge in [-0.15, -0.1) is 0 Å². The molecule has 0 amide bonds. The molecule has 3 saturated heterocycles. The van der Waals surface area contributed by atoms with Gasteiger partial charge >= 0.3 is 0 Å². The molecule has 7 heteroatoms. The molecule has 0 radical (unpaired) electrons. The van der Waals surface area contributed by atoms with Gasteiger partial charge in [-0.3, -0.25) is 4.90 Å². The lowest BCUT2D eigenvalue weighted by Crippen LogP contribution is -2.70. The van der Waals surface area contributed by atoms with Crippen molar-refractivity contribution in [3.05, 3.63) is 24.4 Å². The summed E-state index contributed by atoms with van der Waals surface area (Å²) in [4.78, 5) is 6.49. The Morgan fingerprint density at radius 3 is 2.75 bits per heavy atom. The molecule has 24 heavy (non-hydrogen) atoms. The second-order valence-corrected chi connectivity index (χ2v) is 9.55. The van der Waals surface area contributed by atoms with Crippen LogP contribution in [0.4, 0.5) is 0 Å². The van der Waals surface area contributed by atoms with Gasteiger partial charge in [0.15, 0.2) is 9.84 Å². The van der Waals surface area contributed by atoms with E-state index >= 15 is 0 Å². The summed E-state index contributed by atoms with van der Waals surface area (Å²) in [6, 6.07) is 5.99. The number of pyridine rings is 1. The minimum atomic E-state index is -3.05. The molecule has 1 aromatic rings. The van der Waals surface area contributed by atoms with E-state index < -0.39 is 14.6 Å². The van der Waals surface area contributed by atoms with Crippen LogP contribution in [0.15, 0.2) is 24.4 Å². The fraction of sp³-hybridized carbons (Fsp3) is 0.706. The molecule has 0 unspecified atom stereocenters. The maximum Gasteiger partial charge on any atom is 0.213 e. The van der Waals surface area contributed by atoms with Crippen molar-refractivity contribution >= 4 is 9.84 Å².